The minimum atomic E-state index is -0.357. The molecule has 1 atom stereocenters. The Morgan fingerprint density at radius 2 is 2.09 bits per heavy atom. The molecule has 164 valence electrons. The van der Waals surface area contributed by atoms with E-state index in [2.05, 4.69) is 32.4 Å². The highest BCUT2D eigenvalue weighted by molar-refractivity contribution is 5.90. The number of methoxy groups -OCH3 is 1. The fourth-order valence-corrected chi connectivity index (χ4v) is 4.19. The first kappa shape index (κ1) is 20.2. The summed E-state index contributed by atoms with van der Waals surface area (Å²) in [5.74, 6) is 0.780. The number of esters is 1. The first-order valence-corrected chi connectivity index (χ1v) is 10.6. The van der Waals surface area contributed by atoms with Crippen LogP contribution in [0.2, 0.25) is 0 Å². The first-order chi connectivity index (χ1) is 15.6. The molecule has 4 heterocycles. The van der Waals surface area contributed by atoms with Crippen LogP contribution in [0.4, 0.5) is 11.6 Å². The number of nitrogens with zero attached hydrogens (tertiary/aromatic N) is 6. The van der Waals surface area contributed by atoms with E-state index in [0.29, 0.717) is 17.4 Å². The Labute approximate surface area is 185 Å². The molecule has 1 fully saturated rings. The maximum absolute atomic E-state index is 11.7. The Morgan fingerprint density at radius 3 is 2.84 bits per heavy atom. The van der Waals surface area contributed by atoms with Gasteiger partial charge < -0.3 is 15.0 Å². The predicted octanol–water partition coefficient (Wildman–Crippen LogP) is 3.07. The van der Waals surface area contributed by atoms with Crippen molar-refractivity contribution >= 4 is 23.3 Å². The van der Waals surface area contributed by atoms with Crippen molar-refractivity contribution in [2.75, 3.05) is 32.6 Å². The molecule has 1 aliphatic rings. The molecular formula is C23H25N7O2. The summed E-state index contributed by atoms with van der Waals surface area (Å²) in [5.41, 5.74) is 3.95. The van der Waals surface area contributed by atoms with Crippen LogP contribution in [0.25, 0.3) is 16.8 Å². The van der Waals surface area contributed by atoms with Crippen molar-refractivity contribution in [2.24, 2.45) is 5.92 Å². The van der Waals surface area contributed by atoms with Gasteiger partial charge in [-0.25, -0.2) is 9.31 Å². The Hall–Kier alpha value is -3.72. The fraction of sp³-hybridized carbons (Fsp3) is 0.304. The van der Waals surface area contributed by atoms with Crippen molar-refractivity contribution in [3.05, 3.63) is 60.6 Å². The Morgan fingerprint density at radius 1 is 1.25 bits per heavy atom. The van der Waals surface area contributed by atoms with E-state index in [1.807, 2.05) is 41.3 Å². The molecule has 1 N–H and O–H groups in total. The summed E-state index contributed by atoms with van der Waals surface area (Å²) in [6.45, 7) is 3.17. The molecule has 9 nitrogen and oxygen atoms in total. The molecule has 1 saturated heterocycles. The molecule has 0 bridgehead atoms. The maximum atomic E-state index is 11.7. The molecule has 4 aromatic rings. The van der Waals surface area contributed by atoms with Gasteiger partial charge in [-0.1, -0.05) is 12.1 Å². The number of carbonyl (C=O) groups is 1. The van der Waals surface area contributed by atoms with Crippen LogP contribution in [0.5, 0.6) is 0 Å². The zero-order valence-electron chi connectivity index (χ0n) is 18.1. The van der Waals surface area contributed by atoms with Gasteiger partial charge in [0.25, 0.3) is 0 Å². The van der Waals surface area contributed by atoms with Crippen LogP contribution in [0.1, 0.15) is 16.8 Å². The summed E-state index contributed by atoms with van der Waals surface area (Å²) < 4.78 is 8.50. The lowest BCUT2D eigenvalue weighted by Crippen LogP contribution is -2.17. The number of rotatable bonds is 6. The van der Waals surface area contributed by atoms with Gasteiger partial charge in [0.2, 0.25) is 5.95 Å². The van der Waals surface area contributed by atoms with Crippen molar-refractivity contribution in [1.29, 1.82) is 0 Å². The Bertz CT molecular complexity index is 1240. The third-order valence-electron chi connectivity index (χ3n) is 5.80. The number of anilines is 2. The predicted molar refractivity (Wildman–Crippen MR) is 121 cm³/mol. The number of aromatic nitrogens is 5. The average Bonchev–Trinajstić information content (AvgIpc) is 3.53. The van der Waals surface area contributed by atoms with Crippen molar-refractivity contribution in [3.63, 3.8) is 0 Å². The number of fused-ring (bicyclic) bond motifs is 1. The van der Waals surface area contributed by atoms with E-state index in [-0.39, 0.29) is 5.97 Å². The summed E-state index contributed by atoms with van der Waals surface area (Å²) >= 11 is 0. The standard InChI is InChI=1S/C23H25N7O2/c1-28-11-9-16(13-28)14-29-15-19(12-24-29)25-23-26-21-20(4-3-10-30(21)27-23)17-5-7-18(8-6-17)22(31)32-2/h3-8,10,12,15-16H,9,11,13-14H2,1-2H3,(H,25,27). The zero-order valence-corrected chi connectivity index (χ0v) is 18.1. The molecule has 1 aromatic carbocycles. The summed E-state index contributed by atoms with van der Waals surface area (Å²) in [6, 6.07) is 11.2. The number of hydrogen-bond donors (Lipinski definition) is 1. The van der Waals surface area contributed by atoms with Gasteiger partial charge in [-0.3, -0.25) is 4.68 Å². The maximum Gasteiger partial charge on any atom is 0.337 e. The number of benzene rings is 1. The molecule has 0 radical (unpaired) electrons. The first-order valence-electron chi connectivity index (χ1n) is 10.6. The molecule has 0 saturated carbocycles. The molecule has 0 amide bonds. The molecule has 1 aliphatic heterocycles. The van der Waals surface area contributed by atoms with Gasteiger partial charge >= 0.3 is 5.97 Å². The van der Waals surface area contributed by atoms with Gasteiger partial charge in [-0.15, -0.1) is 5.10 Å². The molecule has 0 aliphatic carbocycles. The molecule has 1 unspecified atom stereocenters. The average molecular weight is 432 g/mol. The van der Waals surface area contributed by atoms with Gasteiger partial charge in [0, 0.05) is 31.0 Å². The van der Waals surface area contributed by atoms with E-state index in [0.717, 1.165) is 42.1 Å². The number of nitrogens with one attached hydrogen (secondary N) is 1. The highest BCUT2D eigenvalue weighted by Crippen LogP contribution is 2.25. The highest BCUT2D eigenvalue weighted by atomic mass is 16.5. The van der Waals surface area contributed by atoms with Crippen LogP contribution < -0.4 is 5.32 Å². The largest absolute Gasteiger partial charge is 0.465 e. The molecule has 5 rings (SSSR count). The third kappa shape index (κ3) is 4.06. The number of carbonyl (C=O) groups excluding carboxylic acids is 1. The van der Waals surface area contributed by atoms with Crippen LogP contribution in [-0.2, 0) is 11.3 Å². The Balaban J connectivity index is 1.35. The van der Waals surface area contributed by atoms with Gasteiger partial charge in [0.15, 0.2) is 5.65 Å². The second-order valence-electron chi connectivity index (χ2n) is 8.19. The summed E-state index contributed by atoms with van der Waals surface area (Å²) in [6.07, 6.45) is 6.86. The zero-order chi connectivity index (χ0) is 22.1. The lowest BCUT2D eigenvalue weighted by atomic mass is 10.1. The number of pyridine rings is 1. The van der Waals surface area contributed by atoms with Gasteiger partial charge in [0.05, 0.1) is 24.6 Å². The summed E-state index contributed by atoms with van der Waals surface area (Å²) in [5, 5.41) is 12.3. The van der Waals surface area contributed by atoms with E-state index in [1.165, 1.54) is 13.5 Å². The number of likely N-dealkylation sites (tertiary alicyclic amines) is 1. The van der Waals surface area contributed by atoms with Crippen LogP contribution in [0, 0.1) is 5.92 Å². The minimum Gasteiger partial charge on any atom is -0.465 e. The number of hydrogen-bond acceptors (Lipinski definition) is 7. The van der Waals surface area contributed by atoms with Crippen molar-refractivity contribution in [2.45, 2.75) is 13.0 Å². The lowest BCUT2D eigenvalue weighted by molar-refractivity contribution is 0.0601. The normalized spacial score (nSPS) is 16.5. The van der Waals surface area contributed by atoms with Gasteiger partial charge in [0.1, 0.15) is 0 Å². The SMILES string of the molecule is COC(=O)c1ccc(-c2cccn3nc(Nc4cnn(CC5CCN(C)C5)c4)nc23)cc1. The molecular weight excluding hydrogens is 406 g/mol. The second kappa shape index (κ2) is 8.43. The molecule has 0 spiro atoms. The summed E-state index contributed by atoms with van der Waals surface area (Å²) in [7, 11) is 3.53. The van der Waals surface area contributed by atoms with Crippen LogP contribution >= 0.6 is 0 Å². The van der Waals surface area contributed by atoms with Crippen LogP contribution in [0.3, 0.4) is 0 Å². The molecule has 32 heavy (non-hydrogen) atoms. The van der Waals surface area contributed by atoms with E-state index < -0.39 is 0 Å². The van der Waals surface area contributed by atoms with E-state index in [1.54, 1.807) is 22.8 Å². The quantitative estimate of drug-likeness (QED) is 0.469. The van der Waals surface area contributed by atoms with Gasteiger partial charge in [-0.05, 0) is 55.8 Å². The lowest BCUT2D eigenvalue weighted by Gasteiger charge is -2.09. The van der Waals surface area contributed by atoms with Crippen molar-refractivity contribution < 1.29 is 9.53 Å². The third-order valence-corrected chi connectivity index (χ3v) is 5.80. The Kier molecular flexibility index (Phi) is 5.32. The monoisotopic (exact) mass is 431 g/mol. The summed E-state index contributed by atoms with van der Waals surface area (Å²) in [4.78, 5) is 18.7. The van der Waals surface area contributed by atoms with Crippen molar-refractivity contribution in [1.82, 2.24) is 29.3 Å². The fourth-order valence-electron chi connectivity index (χ4n) is 4.19. The van der Waals surface area contributed by atoms with Crippen molar-refractivity contribution in [3.8, 4) is 11.1 Å². The van der Waals surface area contributed by atoms with E-state index in [4.69, 9.17) is 4.74 Å². The minimum absolute atomic E-state index is 0.357. The highest BCUT2D eigenvalue weighted by Gasteiger charge is 2.20. The number of ether oxygens (including phenoxy) is 1. The van der Waals surface area contributed by atoms with E-state index in [9.17, 15) is 4.79 Å². The second-order valence-corrected chi connectivity index (χ2v) is 8.19. The molecule has 9 heteroatoms. The van der Waals surface area contributed by atoms with Crippen LogP contribution in [0.15, 0.2) is 55.0 Å². The molecule has 3 aromatic heterocycles. The van der Waals surface area contributed by atoms with Gasteiger partial charge in [-0.2, -0.15) is 10.1 Å². The van der Waals surface area contributed by atoms with E-state index >= 15 is 0 Å². The van der Waals surface area contributed by atoms with Crippen LogP contribution in [-0.4, -0.2) is 62.5 Å². The topological polar surface area (TPSA) is 89.6 Å². The smallest absolute Gasteiger partial charge is 0.337 e.